The Hall–Kier alpha value is -2.82. The van der Waals surface area contributed by atoms with Gasteiger partial charge in [-0.15, -0.1) is 0 Å². The summed E-state index contributed by atoms with van der Waals surface area (Å²) in [7, 11) is 1.76. The number of nitrogens with zero attached hydrogens (tertiary/aromatic N) is 2. The van der Waals surface area contributed by atoms with E-state index in [-0.39, 0.29) is 24.8 Å². The van der Waals surface area contributed by atoms with Crippen molar-refractivity contribution >= 4 is 17.5 Å². The summed E-state index contributed by atoms with van der Waals surface area (Å²) in [5.74, 6) is 0.443. The zero-order chi connectivity index (χ0) is 17.8. The molecule has 1 heterocycles. The number of anilines is 1. The normalized spacial score (nSPS) is 13.7. The molecule has 25 heavy (non-hydrogen) atoms. The summed E-state index contributed by atoms with van der Waals surface area (Å²) in [6.07, 6.45) is 0.267. The van der Waals surface area contributed by atoms with Gasteiger partial charge in [-0.3, -0.25) is 14.5 Å². The smallest absolute Gasteiger partial charge is 0.242 e. The van der Waals surface area contributed by atoms with E-state index in [0.717, 1.165) is 11.1 Å². The second-order valence-electron chi connectivity index (χ2n) is 6.22. The minimum Gasteiger partial charge on any atom is -0.491 e. The van der Waals surface area contributed by atoms with Crippen molar-refractivity contribution in [2.24, 2.45) is 0 Å². The fourth-order valence-corrected chi connectivity index (χ4v) is 2.88. The van der Waals surface area contributed by atoms with Crippen molar-refractivity contribution in [3.63, 3.8) is 0 Å². The van der Waals surface area contributed by atoms with E-state index < -0.39 is 0 Å². The number of para-hydroxylation sites is 2. The zero-order valence-electron chi connectivity index (χ0n) is 14.6. The van der Waals surface area contributed by atoms with Crippen LogP contribution >= 0.6 is 0 Å². The summed E-state index contributed by atoms with van der Waals surface area (Å²) in [6.45, 7) is 2.90. The van der Waals surface area contributed by atoms with Gasteiger partial charge in [0.2, 0.25) is 11.8 Å². The third-order valence-electron chi connectivity index (χ3n) is 4.42. The Balaban J connectivity index is 1.75. The van der Waals surface area contributed by atoms with Crippen molar-refractivity contribution in [3.05, 3.63) is 59.7 Å². The Morgan fingerprint density at radius 2 is 1.88 bits per heavy atom. The lowest BCUT2D eigenvalue weighted by atomic mass is 10.1. The predicted octanol–water partition coefficient (Wildman–Crippen LogP) is 2.77. The van der Waals surface area contributed by atoms with Gasteiger partial charge in [0.25, 0.3) is 0 Å². The van der Waals surface area contributed by atoms with Crippen LogP contribution in [0, 0.1) is 6.92 Å². The summed E-state index contributed by atoms with van der Waals surface area (Å²) >= 11 is 0. The van der Waals surface area contributed by atoms with Gasteiger partial charge in [0.1, 0.15) is 12.3 Å². The Morgan fingerprint density at radius 3 is 2.68 bits per heavy atom. The van der Waals surface area contributed by atoms with Crippen LogP contribution in [-0.4, -0.2) is 36.9 Å². The van der Waals surface area contributed by atoms with Gasteiger partial charge < -0.3 is 9.64 Å². The van der Waals surface area contributed by atoms with Gasteiger partial charge in [0.05, 0.1) is 18.7 Å². The highest BCUT2D eigenvalue weighted by Gasteiger charge is 2.26. The number of ether oxygens (including phenoxy) is 1. The number of likely N-dealkylation sites (N-methyl/N-ethyl adjacent to an activating group) is 1. The molecule has 0 aliphatic carbocycles. The molecule has 5 nitrogen and oxygen atoms in total. The van der Waals surface area contributed by atoms with E-state index in [2.05, 4.69) is 0 Å². The molecular formula is C20H22N2O3. The number of benzene rings is 2. The minimum atomic E-state index is -0.103. The average molecular weight is 338 g/mol. The lowest BCUT2D eigenvalue weighted by molar-refractivity contribution is -0.130. The SMILES string of the molecule is Cc1ccccc1CN(C)C(=O)CN1C(=O)CCOc2ccccc21. The molecule has 2 aromatic rings. The molecule has 0 radical (unpaired) electrons. The van der Waals surface area contributed by atoms with Gasteiger partial charge in [0.15, 0.2) is 0 Å². The lowest BCUT2D eigenvalue weighted by Gasteiger charge is -2.25. The van der Waals surface area contributed by atoms with Crippen LogP contribution < -0.4 is 9.64 Å². The van der Waals surface area contributed by atoms with Crippen LogP contribution in [0.15, 0.2) is 48.5 Å². The van der Waals surface area contributed by atoms with Crippen molar-refractivity contribution in [1.29, 1.82) is 0 Å². The molecule has 0 spiro atoms. The number of rotatable bonds is 4. The first kappa shape index (κ1) is 17.0. The van der Waals surface area contributed by atoms with Gasteiger partial charge in [0, 0.05) is 13.6 Å². The van der Waals surface area contributed by atoms with Crippen LogP contribution in [0.4, 0.5) is 5.69 Å². The van der Waals surface area contributed by atoms with Crippen molar-refractivity contribution in [2.75, 3.05) is 25.1 Å². The first-order valence-corrected chi connectivity index (χ1v) is 8.37. The number of hydrogen-bond donors (Lipinski definition) is 0. The second kappa shape index (κ2) is 7.38. The van der Waals surface area contributed by atoms with Crippen LogP contribution in [0.1, 0.15) is 17.5 Å². The summed E-state index contributed by atoms with van der Waals surface area (Å²) in [5.41, 5.74) is 2.90. The lowest BCUT2D eigenvalue weighted by Crippen LogP contribution is -2.41. The summed E-state index contributed by atoms with van der Waals surface area (Å²) in [6, 6.07) is 15.3. The number of hydrogen-bond acceptors (Lipinski definition) is 3. The molecule has 2 amide bonds. The summed E-state index contributed by atoms with van der Waals surface area (Å²) in [5, 5.41) is 0. The van der Waals surface area contributed by atoms with E-state index in [0.29, 0.717) is 24.6 Å². The molecule has 0 fully saturated rings. The topological polar surface area (TPSA) is 49.9 Å². The largest absolute Gasteiger partial charge is 0.491 e. The third-order valence-corrected chi connectivity index (χ3v) is 4.42. The molecule has 5 heteroatoms. The molecule has 1 aliphatic heterocycles. The minimum absolute atomic E-state index is 0.0155. The highest BCUT2D eigenvalue weighted by molar-refractivity contribution is 6.00. The highest BCUT2D eigenvalue weighted by Crippen LogP contribution is 2.30. The molecule has 3 rings (SSSR count). The fourth-order valence-electron chi connectivity index (χ4n) is 2.88. The monoisotopic (exact) mass is 338 g/mol. The standard InChI is InChI=1S/C20H22N2O3/c1-15-7-3-4-8-16(15)13-21(2)20(24)14-22-17-9-5-6-10-18(17)25-12-11-19(22)23/h3-10H,11-14H2,1-2H3. The Labute approximate surface area is 147 Å². The molecule has 0 atom stereocenters. The fraction of sp³-hybridized carbons (Fsp3) is 0.300. The van der Waals surface area contributed by atoms with Crippen molar-refractivity contribution in [1.82, 2.24) is 4.90 Å². The maximum Gasteiger partial charge on any atom is 0.242 e. The maximum absolute atomic E-state index is 12.7. The highest BCUT2D eigenvalue weighted by atomic mass is 16.5. The molecule has 2 aromatic carbocycles. The van der Waals surface area contributed by atoms with Crippen LogP contribution in [0.2, 0.25) is 0 Å². The number of carbonyl (C=O) groups excluding carboxylic acids is 2. The van der Waals surface area contributed by atoms with Gasteiger partial charge in [-0.2, -0.15) is 0 Å². The Kier molecular flexibility index (Phi) is 5.03. The zero-order valence-corrected chi connectivity index (χ0v) is 14.6. The quantitative estimate of drug-likeness (QED) is 0.861. The predicted molar refractivity (Wildman–Crippen MR) is 96.6 cm³/mol. The van der Waals surface area contributed by atoms with E-state index in [1.807, 2.05) is 55.5 Å². The summed E-state index contributed by atoms with van der Waals surface area (Å²) in [4.78, 5) is 28.3. The van der Waals surface area contributed by atoms with E-state index in [9.17, 15) is 9.59 Å². The molecule has 0 N–H and O–H groups in total. The molecule has 0 saturated heterocycles. The van der Waals surface area contributed by atoms with E-state index in [4.69, 9.17) is 4.74 Å². The number of carbonyl (C=O) groups is 2. The second-order valence-corrected chi connectivity index (χ2v) is 6.22. The van der Waals surface area contributed by atoms with Gasteiger partial charge in [-0.05, 0) is 30.2 Å². The van der Waals surface area contributed by atoms with Crippen molar-refractivity contribution in [3.8, 4) is 5.75 Å². The van der Waals surface area contributed by atoms with Gasteiger partial charge in [-0.1, -0.05) is 36.4 Å². The number of aryl methyl sites for hydroxylation is 1. The van der Waals surface area contributed by atoms with Crippen LogP contribution in [0.3, 0.4) is 0 Å². The average Bonchev–Trinajstić information content (AvgIpc) is 2.76. The van der Waals surface area contributed by atoms with Crippen LogP contribution in [-0.2, 0) is 16.1 Å². The number of amides is 2. The number of fused-ring (bicyclic) bond motifs is 1. The first-order chi connectivity index (χ1) is 12.1. The first-order valence-electron chi connectivity index (χ1n) is 8.37. The molecule has 0 unspecified atom stereocenters. The molecule has 130 valence electrons. The Morgan fingerprint density at radius 1 is 1.16 bits per heavy atom. The molecule has 0 aromatic heterocycles. The van der Waals surface area contributed by atoms with Crippen molar-refractivity contribution < 1.29 is 14.3 Å². The summed E-state index contributed by atoms with van der Waals surface area (Å²) < 4.78 is 5.62. The van der Waals surface area contributed by atoms with Gasteiger partial charge >= 0.3 is 0 Å². The molecule has 1 aliphatic rings. The van der Waals surface area contributed by atoms with Crippen LogP contribution in [0.5, 0.6) is 5.75 Å². The molecule has 0 saturated carbocycles. The third kappa shape index (κ3) is 3.82. The van der Waals surface area contributed by atoms with E-state index in [1.165, 1.54) is 4.90 Å². The van der Waals surface area contributed by atoms with E-state index >= 15 is 0 Å². The Bertz CT molecular complexity index is 788. The molecular weight excluding hydrogens is 316 g/mol. The van der Waals surface area contributed by atoms with Gasteiger partial charge in [-0.25, -0.2) is 0 Å². The van der Waals surface area contributed by atoms with Crippen molar-refractivity contribution in [2.45, 2.75) is 19.9 Å². The maximum atomic E-state index is 12.7. The van der Waals surface area contributed by atoms with Crippen LogP contribution in [0.25, 0.3) is 0 Å². The molecule has 0 bridgehead atoms. The van der Waals surface area contributed by atoms with E-state index in [1.54, 1.807) is 11.9 Å².